The fraction of sp³-hybridized carbons (Fsp3) is 0.333. The molecule has 1 rings (SSSR count). The molecular weight excluding hydrogens is 176 g/mol. The molecule has 66 valence electrons. The highest BCUT2D eigenvalue weighted by Gasteiger charge is 1.97. The number of hydrogen-bond donors (Lipinski definition) is 1. The van der Waals surface area contributed by atoms with Crippen molar-refractivity contribution in [2.24, 2.45) is 0 Å². The lowest BCUT2D eigenvalue weighted by molar-refractivity contribution is 0.123. The van der Waals surface area contributed by atoms with E-state index < -0.39 is 6.10 Å². The van der Waals surface area contributed by atoms with Crippen molar-refractivity contribution in [3.8, 4) is 5.75 Å². The van der Waals surface area contributed by atoms with Crippen LogP contribution in [0.5, 0.6) is 5.75 Å². The van der Waals surface area contributed by atoms with Crippen LogP contribution in [0.4, 0.5) is 0 Å². The highest BCUT2D eigenvalue weighted by atomic mass is 35.5. The van der Waals surface area contributed by atoms with Gasteiger partial charge in [-0.3, -0.25) is 0 Å². The zero-order valence-electron chi connectivity index (χ0n) is 6.83. The topological polar surface area (TPSA) is 29.5 Å². The summed E-state index contributed by atoms with van der Waals surface area (Å²) in [6.45, 7) is 1.98. The lowest BCUT2D eigenvalue weighted by Crippen LogP contribution is -2.12. The van der Waals surface area contributed by atoms with Gasteiger partial charge in [-0.2, -0.15) is 0 Å². The lowest BCUT2D eigenvalue weighted by Gasteiger charge is -2.07. The average molecular weight is 187 g/mol. The molecule has 0 amide bonds. The summed E-state index contributed by atoms with van der Waals surface area (Å²) in [5.41, 5.74) is 0. The number of aliphatic hydroxyl groups is 1. The molecule has 3 heteroatoms. The van der Waals surface area contributed by atoms with E-state index in [0.29, 0.717) is 11.6 Å². The van der Waals surface area contributed by atoms with E-state index >= 15 is 0 Å². The van der Waals surface area contributed by atoms with Crippen LogP contribution in [-0.2, 0) is 0 Å². The zero-order chi connectivity index (χ0) is 8.97. The largest absolute Gasteiger partial charge is 0.491 e. The summed E-state index contributed by atoms with van der Waals surface area (Å²) in [7, 11) is 0. The molecule has 0 spiro atoms. The second kappa shape index (κ2) is 4.33. The molecule has 1 atom stereocenters. The van der Waals surface area contributed by atoms with Crippen LogP contribution in [0.3, 0.4) is 0 Å². The SMILES string of the molecule is C[C@H](O)COc1ccc(Cl)cc1. The number of hydrogen-bond acceptors (Lipinski definition) is 2. The smallest absolute Gasteiger partial charge is 0.119 e. The van der Waals surface area contributed by atoms with E-state index in [1.54, 1.807) is 31.2 Å². The fourth-order valence-electron chi connectivity index (χ4n) is 0.748. The molecule has 0 aliphatic rings. The van der Waals surface area contributed by atoms with Gasteiger partial charge in [0.2, 0.25) is 0 Å². The number of benzene rings is 1. The second-order valence-electron chi connectivity index (χ2n) is 2.61. The van der Waals surface area contributed by atoms with E-state index in [2.05, 4.69) is 0 Å². The molecule has 1 aromatic carbocycles. The quantitative estimate of drug-likeness (QED) is 0.784. The Morgan fingerprint density at radius 3 is 2.50 bits per heavy atom. The second-order valence-corrected chi connectivity index (χ2v) is 3.05. The van der Waals surface area contributed by atoms with Crippen molar-refractivity contribution in [3.63, 3.8) is 0 Å². The standard InChI is InChI=1S/C9H11ClO2/c1-7(11)6-12-9-4-2-8(10)3-5-9/h2-5,7,11H,6H2,1H3/t7-/m0/s1. The van der Waals surface area contributed by atoms with Gasteiger partial charge in [-0.05, 0) is 31.2 Å². The van der Waals surface area contributed by atoms with E-state index in [9.17, 15) is 0 Å². The molecule has 0 bridgehead atoms. The van der Waals surface area contributed by atoms with Crippen LogP contribution in [0.25, 0.3) is 0 Å². The maximum absolute atomic E-state index is 8.92. The number of aliphatic hydroxyl groups excluding tert-OH is 1. The summed E-state index contributed by atoms with van der Waals surface area (Å²) in [6.07, 6.45) is -0.444. The molecule has 12 heavy (non-hydrogen) atoms. The molecule has 0 aliphatic heterocycles. The number of rotatable bonds is 3. The van der Waals surface area contributed by atoms with Crippen LogP contribution in [0, 0.1) is 0 Å². The minimum atomic E-state index is -0.444. The zero-order valence-corrected chi connectivity index (χ0v) is 7.58. The first-order valence-corrected chi connectivity index (χ1v) is 4.12. The molecule has 0 fully saturated rings. The number of ether oxygens (including phenoxy) is 1. The molecule has 0 heterocycles. The molecule has 0 aromatic heterocycles. The molecule has 0 unspecified atom stereocenters. The van der Waals surface area contributed by atoms with Gasteiger partial charge in [-0.15, -0.1) is 0 Å². The van der Waals surface area contributed by atoms with E-state index in [0.717, 1.165) is 5.75 Å². The van der Waals surface area contributed by atoms with Crippen LogP contribution in [0.1, 0.15) is 6.92 Å². The predicted molar refractivity (Wildman–Crippen MR) is 48.6 cm³/mol. The van der Waals surface area contributed by atoms with Crippen LogP contribution < -0.4 is 4.74 Å². The van der Waals surface area contributed by atoms with Crippen molar-refractivity contribution in [1.29, 1.82) is 0 Å². The first-order valence-electron chi connectivity index (χ1n) is 3.75. The van der Waals surface area contributed by atoms with Gasteiger partial charge in [0.1, 0.15) is 12.4 Å². The van der Waals surface area contributed by atoms with Crippen molar-refractivity contribution >= 4 is 11.6 Å². The number of halogens is 1. The molecule has 1 aromatic rings. The van der Waals surface area contributed by atoms with Crippen LogP contribution in [-0.4, -0.2) is 17.8 Å². The maximum atomic E-state index is 8.92. The Kier molecular flexibility index (Phi) is 3.38. The summed E-state index contributed by atoms with van der Waals surface area (Å²) in [6, 6.07) is 7.04. The minimum absolute atomic E-state index is 0.307. The van der Waals surface area contributed by atoms with Crippen molar-refractivity contribution in [1.82, 2.24) is 0 Å². The lowest BCUT2D eigenvalue weighted by atomic mass is 10.3. The van der Waals surface area contributed by atoms with Crippen molar-refractivity contribution in [2.45, 2.75) is 13.0 Å². The van der Waals surface area contributed by atoms with Crippen LogP contribution in [0.2, 0.25) is 5.02 Å². The summed E-state index contributed by atoms with van der Waals surface area (Å²) in [5.74, 6) is 0.723. The van der Waals surface area contributed by atoms with Gasteiger partial charge in [-0.25, -0.2) is 0 Å². The molecular formula is C9H11ClO2. The van der Waals surface area contributed by atoms with Gasteiger partial charge >= 0.3 is 0 Å². The van der Waals surface area contributed by atoms with Gasteiger partial charge in [0.15, 0.2) is 0 Å². The Balaban J connectivity index is 2.48. The van der Waals surface area contributed by atoms with Gasteiger partial charge in [0.25, 0.3) is 0 Å². The minimum Gasteiger partial charge on any atom is -0.491 e. The van der Waals surface area contributed by atoms with E-state index in [1.807, 2.05) is 0 Å². The molecule has 0 aliphatic carbocycles. The molecule has 0 saturated carbocycles. The first kappa shape index (κ1) is 9.36. The summed E-state index contributed by atoms with van der Waals surface area (Å²) in [4.78, 5) is 0. The first-order chi connectivity index (χ1) is 5.68. The third kappa shape index (κ3) is 3.11. The van der Waals surface area contributed by atoms with Gasteiger partial charge < -0.3 is 9.84 Å². The Labute approximate surface area is 76.7 Å². The van der Waals surface area contributed by atoms with Crippen LogP contribution in [0.15, 0.2) is 24.3 Å². The average Bonchev–Trinajstić information content (AvgIpc) is 2.03. The van der Waals surface area contributed by atoms with E-state index in [4.69, 9.17) is 21.4 Å². The highest BCUT2D eigenvalue weighted by molar-refractivity contribution is 6.30. The normalized spacial score (nSPS) is 12.6. The Hall–Kier alpha value is -0.730. The summed E-state index contributed by atoms with van der Waals surface area (Å²) in [5, 5.41) is 9.60. The molecule has 0 radical (unpaired) electrons. The van der Waals surface area contributed by atoms with Crippen molar-refractivity contribution in [3.05, 3.63) is 29.3 Å². The Bertz CT molecular complexity index is 231. The monoisotopic (exact) mass is 186 g/mol. The van der Waals surface area contributed by atoms with Gasteiger partial charge in [0, 0.05) is 5.02 Å². The third-order valence-corrected chi connectivity index (χ3v) is 1.56. The van der Waals surface area contributed by atoms with Crippen molar-refractivity contribution in [2.75, 3.05) is 6.61 Å². The molecule has 2 nitrogen and oxygen atoms in total. The summed E-state index contributed by atoms with van der Waals surface area (Å²) >= 11 is 5.67. The predicted octanol–water partition coefficient (Wildman–Crippen LogP) is 2.10. The van der Waals surface area contributed by atoms with Gasteiger partial charge in [-0.1, -0.05) is 11.6 Å². The van der Waals surface area contributed by atoms with E-state index in [1.165, 1.54) is 0 Å². The Morgan fingerprint density at radius 1 is 1.42 bits per heavy atom. The van der Waals surface area contributed by atoms with E-state index in [-0.39, 0.29) is 0 Å². The highest BCUT2D eigenvalue weighted by Crippen LogP contribution is 2.15. The molecule has 1 N–H and O–H groups in total. The summed E-state index contributed by atoms with van der Waals surface area (Å²) < 4.78 is 5.21. The molecule has 0 saturated heterocycles. The third-order valence-electron chi connectivity index (χ3n) is 1.30. The maximum Gasteiger partial charge on any atom is 0.119 e. The Morgan fingerprint density at radius 2 is 2.00 bits per heavy atom. The fourth-order valence-corrected chi connectivity index (χ4v) is 0.874. The van der Waals surface area contributed by atoms with Crippen LogP contribution >= 0.6 is 11.6 Å². The van der Waals surface area contributed by atoms with Gasteiger partial charge in [0.05, 0.1) is 6.10 Å². The van der Waals surface area contributed by atoms with Crippen molar-refractivity contribution < 1.29 is 9.84 Å².